The highest BCUT2D eigenvalue weighted by molar-refractivity contribution is 5.72. The van der Waals surface area contributed by atoms with Crippen molar-refractivity contribution in [2.75, 3.05) is 46.2 Å². The van der Waals surface area contributed by atoms with Crippen LogP contribution in [0.15, 0.2) is 0 Å². The van der Waals surface area contributed by atoms with Crippen LogP contribution < -0.4 is 0 Å². The van der Waals surface area contributed by atoms with Crippen LogP contribution in [0.4, 0.5) is 0 Å². The molecule has 0 N–H and O–H groups in total. The minimum atomic E-state index is -0.0992. The number of esters is 1. The Morgan fingerprint density at radius 1 is 1.04 bits per heavy atom. The van der Waals surface area contributed by atoms with Crippen molar-refractivity contribution in [1.82, 2.24) is 0 Å². The SMILES string of the molecule is CCCCC(CC)C(=O)OCCOCCOCCOC1CCCCO1. The fourth-order valence-corrected chi connectivity index (χ4v) is 2.66. The van der Waals surface area contributed by atoms with E-state index in [1.165, 1.54) is 6.42 Å². The highest BCUT2D eigenvalue weighted by atomic mass is 16.7. The first kappa shape index (κ1) is 22.4. The summed E-state index contributed by atoms with van der Waals surface area (Å²) in [7, 11) is 0. The average molecular weight is 360 g/mol. The van der Waals surface area contributed by atoms with Crippen molar-refractivity contribution in [2.24, 2.45) is 5.92 Å². The Morgan fingerprint density at radius 3 is 2.40 bits per heavy atom. The fourth-order valence-electron chi connectivity index (χ4n) is 2.66. The molecule has 1 rings (SSSR count). The van der Waals surface area contributed by atoms with Crippen LogP contribution in [0.1, 0.15) is 58.8 Å². The summed E-state index contributed by atoms with van der Waals surface area (Å²) in [5, 5.41) is 0. The zero-order valence-electron chi connectivity index (χ0n) is 16.0. The molecule has 1 saturated heterocycles. The van der Waals surface area contributed by atoms with Crippen molar-refractivity contribution in [3.05, 3.63) is 0 Å². The smallest absolute Gasteiger partial charge is 0.308 e. The molecule has 0 saturated carbocycles. The fraction of sp³-hybridized carbons (Fsp3) is 0.947. The van der Waals surface area contributed by atoms with Crippen molar-refractivity contribution < 1.29 is 28.5 Å². The highest BCUT2D eigenvalue weighted by Crippen LogP contribution is 2.14. The van der Waals surface area contributed by atoms with Gasteiger partial charge in [0.1, 0.15) is 6.61 Å². The molecule has 1 aliphatic heterocycles. The number of carbonyl (C=O) groups is 1. The lowest BCUT2D eigenvalue weighted by atomic mass is 10.00. The largest absolute Gasteiger partial charge is 0.463 e. The highest BCUT2D eigenvalue weighted by Gasteiger charge is 2.17. The second kappa shape index (κ2) is 15.6. The van der Waals surface area contributed by atoms with Gasteiger partial charge in [-0.3, -0.25) is 4.79 Å². The van der Waals surface area contributed by atoms with Crippen LogP contribution in [-0.4, -0.2) is 58.5 Å². The molecule has 0 amide bonds. The minimum Gasteiger partial charge on any atom is -0.463 e. The van der Waals surface area contributed by atoms with Crippen LogP contribution in [0.25, 0.3) is 0 Å². The van der Waals surface area contributed by atoms with E-state index in [1.807, 2.05) is 6.92 Å². The minimum absolute atomic E-state index is 0.0245. The summed E-state index contributed by atoms with van der Waals surface area (Å²) < 4.78 is 27.2. The lowest BCUT2D eigenvalue weighted by Crippen LogP contribution is -2.24. The maximum absolute atomic E-state index is 11.9. The molecule has 0 radical (unpaired) electrons. The first-order valence-electron chi connectivity index (χ1n) is 9.83. The van der Waals surface area contributed by atoms with Crippen LogP contribution in [0.3, 0.4) is 0 Å². The third kappa shape index (κ3) is 11.5. The molecule has 0 aromatic rings. The molecule has 1 fully saturated rings. The summed E-state index contributed by atoms with van der Waals surface area (Å²) in [4.78, 5) is 11.9. The van der Waals surface area contributed by atoms with Crippen LogP contribution in [-0.2, 0) is 28.5 Å². The Labute approximate surface area is 152 Å². The number of ether oxygens (including phenoxy) is 5. The first-order valence-corrected chi connectivity index (χ1v) is 9.83. The molecule has 148 valence electrons. The Morgan fingerprint density at radius 2 is 1.76 bits per heavy atom. The van der Waals surface area contributed by atoms with Gasteiger partial charge in [-0.05, 0) is 32.1 Å². The lowest BCUT2D eigenvalue weighted by Gasteiger charge is -2.22. The third-order valence-corrected chi connectivity index (χ3v) is 4.25. The number of rotatable bonds is 15. The molecule has 2 unspecified atom stereocenters. The van der Waals surface area contributed by atoms with Crippen LogP contribution >= 0.6 is 0 Å². The average Bonchev–Trinajstić information content (AvgIpc) is 2.64. The van der Waals surface area contributed by atoms with Gasteiger partial charge in [-0.1, -0.05) is 26.7 Å². The Hall–Kier alpha value is -0.690. The Kier molecular flexibility index (Phi) is 13.9. The summed E-state index contributed by atoms with van der Waals surface area (Å²) in [5.41, 5.74) is 0. The van der Waals surface area contributed by atoms with Gasteiger partial charge in [0.25, 0.3) is 0 Å². The summed E-state index contributed by atoms with van der Waals surface area (Å²) in [5.74, 6) is -0.0747. The van der Waals surface area contributed by atoms with Gasteiger partial charge in [-0.15, -0.1) is 0 Å². The van der Waals surface area contributed by atoms with Gasteiger partial charge in [-0.25, -0.2) is 0 Å². The molecule has 0 spiro atoms. The maximum atomic E-state index is 11.9. The molecule has 6 heteroatoms. The van der Waals surface area contributed by atoms with Crippen LogP contribution in [0.5, 0.6) is 0 Å². The quantitative estimate of drug-likeness (QED) is 0.330. The summed E-state index contributed by atoms with van der Waals surface area (Å²) in [6.45, 7) is 7.74. The number of unbranched alkanes of at least 4 members (excludes halogenated alkanes) is 1. The van der Waals surface area contributed by atoms with Gasteiger partial charge in [0.2, 0.25) is 0 Å². The van der Waals surface area contributed by atoms with Crippen molar-refractivity contribution in [2.45, 2.75) is 65.1 Å². The van der Waals surface area contributed by atoms with Crippen molar-refractivity contribution >= 4 is 5.97 Å². The van der Waals surface area contributed by atoms with E-state index in [1.54, 1.807) is 0 Å². The van der Waals surface area contributed by atoms with Crippen molar-refractivity contribution in [1.29, 1.82) is 0 Å². The predicted molar refractivity (Wildman–Crippen MR) is 95.4 cm³/mol. The Balaban J connectivity index is 1.85. The molecule has 0 aliphatic carbocycles. The molecule has 1 aliphatic rings. The lowest BCUT2D eigenvalue weighted by molar-refractivity contribution is -0.169. The van der Waals surface area contributed by atoms with Crippen molar-refractivity contribution in [3.63, 3.8) is 0 Å². The van der Waals surface area contributed by atoms with E-state index in [4.69, 9.17) is 23.7 Å². The van der Waals surface area contributed by atoms with Gasteiger partial charge < -0.3 is 23.7 Å². The van der Waals surface area contributed by atoms with Gasteiger partial charge in [0.05, 0.1) is 39.0 Å². The standard InChI is InChI=1S/C19H36O6/c1-3-5-8-17(4-2)19(20)25-16-14-22-12-11-21-13-15-24-18-9-6-7-10-23-18/h17-18H,3-16H2,1-2H3. The normalized spacial score (nSPS) is 18.9. The molecule has 0 bridgehead atoms. The zero-order chi connectivity index (χ0) is 18.2. The van der Waals surface area contributed by atoms with Gasteiger partial charge in [0, 0.05) is 6.61 Å². The molecule has 6 nitrogen and oxygen atoms in total. The van der Waals surface area contributed by atoms with Gasteiger partial charge >= 0.3 is 5.97 Å². The molecule has 2 atom stereocenters. The number of hydrogen-bond acceptors (Lipinski definition) is 6. The van der Waals surface area contributed by atoms with E-state index < -0.39 is 0 Å². The Bertz CT molecular complexity index is 317. The maximum Gasteiger partial charge on any atom is 0.308 e. The molecule has 25 heavy (non-hydrogen) atoms. The topological polar surface area (TPSA) is 63.2 Å². The molecular weight excluding hydrogens is 324 g/mol. The van der Waals surface area contributed by atoms with E-state index in [2.05, 4.69) is 6.92 Å². The number of carbonyl (C=O) groups excluding carboxylic acids is 1. The third-order valence-electron chi connectivity index (χ3n) is 4.25. The molecular formula is C19H36O6. The van der Waals surface area contributed by atoms with E-state index >= 15 is 0 Å². The van der Waals surface area contributed by atoms with Gasteiger partial charge in [0.15, 0.2) is 6.29 Å². The van der Waals surface area contributed by atoms with Crippen LogP contribution in [0, 0.1) is 5.92 Å². The summed E-state index contributed by atoms with van der Waals surface area (Å²) in [6, 6.07) is 0. The predicted octanol–water partition coefficient (Wildman–Crippen LogP) is 3.32. The van der Waals surface area contributed by atoms with Crippen molar-refractivity contribution in [3.8, 4) is 0 Å². The van der Waals surface area contributed by atoms with Gasteiger partial charge in [-0.2, -0.15) is 0 Å². The van der Waals surface area contributed by atoms with E-state index in [-0.39, 0.29) is 18.2 Å². The van der Waals surface area contributed by atoms with E-state index in [9.17, 15) is 4.79 Å². The molecule has 0 aromatic heterocycles. The molecule has 1 heterocycles. The van der Waals surface area contributed by atoms with E-state index in [0.29, 0.717) is 39.6 Å². The summed E-state index contributed by atoms with van der Waals surface area (Å²) >= 11 is 0. The monoisotopic (exact) mass is 360 g/mol. The summed E-state index contributed by atoms with van der Waals surface area (Å²) in [6.07, 6.45) is 7.12. The second-order valence-electron chi connectivity index (χ2n) is 6.31. The van der Waals surface area contributed by atoms with E-state index in [0.717, 1.165) is 45.1 Å². The second-order valence-corrected chi connectivity index (χ2v) is 6.31. The number of hydrogen-bond donors (Lipinski definition) is 0. The zero-order valence-corrected chi connectivity index (χ0v) is 16.0. The molecule has 0 aromatic carbocycles. The first-order chi connectivity index (χ1) is 12.3. The van der Waals surface area contributed by atoms with Crippen LogP contribution in [0.2, 0.25) is 0 Å².